The molecule has 0 bridgehead atoms. The summed E-state index contributed by atoms with van der Waals surface area (Å²) < 4.78 is 0. The van der Waals surface area contributed by atoms with Gasteiger partial charge in [0.1, 0.15) is 0 Å². The van der Waals surface area contributed by atoms with Gasteiger partial charge in [-0.3, -0.25) is 0 Å². The molecule has 2 rings (SSSR count). The van der Waals surface area contributed by atoms with Gasteiger partial charge in [0.25, 0.3) is 0 Å². The maximum absolute atomic E-state index is 2.27. The van der Waals surface area contributed by atoms with E-state index in [1.165, 1.54) is 33.4 Å². The SMILES string of the molecule is Cc1ccc([CH]c2ccc(C)cc2C)c(C)c1. The van der Waals surface area contributed by atoms with Crippen molar-refractivity contribution in [3.63, 3.8) is 0 Å². The summed E-state index contributed by atoms with van der Waals surface area (Å²) in [5.41, 5.74) is 7.93. The van der Waals surface area contributed by atoms with Gasteiger partial charge >= 0.3 is 0 Å². The predicted molar refractivity (Wildman–Crippen MR) is 74.3 cm³/mol. The van der Waals surface area contributed by atoms with E-state index in [1.807, 2.05) is 0 Å². The van der Waals surface area contributed by atoms with Crippen LogP contribution in [0.1, 0.15) is 33.4 Å². The lowest BCUT2D eigenvalue weighted by Crippen LogP contribution is -1.93. The third kappa shape index (κ3) is 2.76. The Hall–Kier alpha value is -1.56. The van der Waals surface area contributed by atoms with Crippen molar-refractivity contribution in [1.29, 1.82) is 0 Å². The number of hydrogen-bond donors (Lipinski definition) is 0. The maximum atomic E-state index is 2.27. The van der Waals surface area contributed by atoms with Crippen molar-refractivity contribution in [3.05, 3.63) is 76.2 Å². The van der Waals surface area contributed by atoms with E-state index in [2.05, 4.69) is 70.5 Å². The Morgan fingerprint density at radius 1 is 0.647 bits per heavy atom. The van der Waals surface area contributed by atoms with Crippen LogP contribution in [-0.4, -0.2) is 0 Å². The van der Waals surface area contributed by atoms with E-state index in [9.17, 15) is 0 Å². The van der Waals surface area contributed by atoms with Crippen molar-refractivity contribution in [1.82, 2.24) is 0 Å². The zero-order valence-electron chi connectivity index (χ0n) is 11.0. The Balaban J connectivity index is 2.31. The molecule has 0 spiro atoms. The number of aryl methyl sites for hydroxylation is 4. The lowest BCUT2D eigenvalue weighted by molar-refractivity contribution is 1.27. The van der Waals surface area contributed by atoms with Crippen LogP contribution < -0.4 is 0 Å². The van der Waals surface area contributed by atoms with Crippen molar-refractivity contribution < 1.29 is 0 Å². The summed E-state index contributed by atoms with van der Waals surface area (Å²) in [4.78, 5) is 0. The molecule has 0 nitrogen and oxygen atoms in total. The van der Waals surface area contributed by atoms with Gasteiger partial charge in [0.15, 0.2) is 0 Å². The van der Waals surface area contributed by atoms with Crippen molar-refractivity contribution in [2.75, 3.05) is 0 Å². The van der Waals surface area contributed by atoms with Crippen molar-refractivity contribution >= 4 is 0 Å². The van der Waals surface area contributed by atoms with E-state index >= 15 is 0 Å². The predicted octanol–water partition coefficient (Wildman–Crippen LogP) is 4.52. The smallest absolute Gasteiger partial charge is 0.0204 e. The second-order valence-electron chi connectivity index (χ2n) is 4.86. The highest BCUT2D eigenvalue weighted by Gasteiger charge is 2.03. The van der Waals surface area contributed by atoms with Gasteiger partial charge in [-0.2, -0.15) is 0 Å². The van der Waals surface area contributed by atoms with Gasteiger partial charge in [-0.15, -0.1) is 0 Å². The highest BCUT2D eigenvalue weighted by Crippen LogP contribution is 2.20. The molecule has 0 aliphatic carbocycles. The van der Waals surface area contributed by atoms with E-state index in [0.29, 0.717) is 0 Å². The Morgan fingerprint density at radius 2 is 1.06 bits per heavy atom. The average Bonchev–Trinajstić information content (AvgIpc) is 2.25. The van der Waals surface area contributed by atoms with E-state index in [4.69, 9.17) is 0 Å². The molecule has 0 heterocycles. The highest BCUT2D eigenvalue weighted by molar-refractivity contribution is 5.46. The summed E-state index contributed by atoms with van der Waals surface area (Å²) in [6, 6.07) is 13.2. The Kier molecular flexibility index (Phi) is 3.33. The zero-order chi connectivity index (χ0) is 12.4. The summed E-state index contributed by atoms with van der Waals surface area (Å²) in [7, 11) is 0. The van der Waals surface area contributed by atoms with Crippen molar-refractivity contribution in [3.8, 4) is 0 Å². The first-order chi connectivity index (χ1) is 8.06. The molecule has 1 radical (unpaired) electrons. The summed E-state index contributed by atoms with van der Waals surface area (Å²) in [6.07, 6.45) is 2.27. The minimum atomic E-state index is 1.31. The molecule has 0 aromatic heterocycles. The van der Waals surface area contributed by atoms with Crippen LogP contribution in [0, 0.1) is 34.1 Å². The Bertz CT molecular complexity index is 486. The molecule has 0 atom stereocenters. The van der Waals surface area contributed by atoms with Gasteiger partial charge in [-0.1, -0.05) is 47.5 Å². The van der Waals surface area contributed by atoms with Crippen LogP contribution in [-0.2, 0) is 0 Å². The van der Waals surface area contributed by atoms with E-state index in [-0.39, 0.29) is 0 Å². The molecule has 0 aliphatic rings. The molecule has 0 aliphatic heterocycles. The molecule has 2 aromatic rings. The monoisotopic (exact) mass is 223 g/mol. The van der Waals surface area contributed by atoms with Crippen LogP contribution in [0.25, 0.3) is 0 Å². The van der Waals surface area contributed by atoms with Crippen LogP contribution in [0.4, 0.5) is 0 Å². The van der Waals surface area contributed by atoms with Crippen LogP contribution in [0.5, 0.6) is 0 Å². The van der Waals surface area contributed by atoms with Gasteiger partial charge in [0.05, 0.1) is 0 Å². The minimum absolute atomic E-state index is 1.31. The summed E-state index contributed by atoms with van der Waals surface area (Å²) in [6.45, 7) is 8.60. The first-order valence-electron chi connectivity index (χ1n) is 6.05. The maximum Gasteiger partial charge on any atom is 0.0204 e. The second kappa shape index (κ2) is 4.75. The molecule has 0 amide bonds. The zero-order valence-corrected chi connectivity index (χ0v) is 11.0. The van der Waals surface area contributed by atoms with Crippen molar-refractivity contribution in [2.24, 2.45) is 0 Å². The summed E-state index contributed by atoms with van der Waals surface area (Å²) in [5.74, 6) is 0. The summed E-state index contributed by atoms with van der Waals surface area (Å²) in [5, 5.41) is 0. The number of rotatable bonds is 2. The molecule has 87 valence electrons. The molecule has 0 saturated heterocycles. The molecular formula is C17H19. The van der Waals surface area contributed by atoms with E-state index < -0.39 is 0 Å². The van der Waals surface area contributed by atoms with Gasteiger partial charge in [-0.05, 0) is 49.9 Å². The molecule has 2 aromatic carbocycles. The fourth-order valence-electron chi connectivity index (χ4n) is 2.14. The van der Waals surface area contributed by atoms with Gasteiger partial charge in [-0.25, -0.2) is 0 Å². The third-order valence-electron chi connectivity index (χ3n) is 3.16. The lowest BCUT2D eigenvalue weighted by Gasteiger charge is -2.09. The van der Waals surface area contributed by atoms with Gasteiger partial charge < -0.3 is 0 Å². The first kappa shape index (κ1) is 11.9. The molecular weight excluding hydrogens is 204 g/mol. The van der Waals surface area contributed by atoms with E-state index in [0.717, 1.165) is 0 Å². The van der Waals surface area contributed by atoms with Crippen LogP contribution in [0.2, 0.25) is 0 Å². The van der Waals surface area contributed by atoms with Crippen LogP contribution >= 0.6 is 0 Å². The lowest BCUT2D eigenvalue weighted by atomic mass is 9.95. The minimum Gasteiger partial charge on any atom is -0.0590 e. The largest absolute Gasteiger partial charge is 0.0590 e. The standard InChI is InChI=1S/C17H19/c1-12-5-7-16(14(3)9-12)11-17-8-6-13(2)10-15(17)4/h5-11H,1-4H3. The number of benzene rings is 2. The molecule has 17 heavy (non-hydrogen) atoms. The third-order valence-corrected chi connectivity index (χ3v) is 3.16. The fourth-order valence-corrected chi connectivity index (χ4v) is 2.14. The summed E-state index contributed by atoms with van der Waals surface area (Å²) >= 11 is 0. The Morgan fingerprint density at radius 3 is 1.41 bits per heavy atom. The number of hydrogen-bond acceptors (Lipinski definition) is 0. The van der Waals surface area contributed by atoms with Crippen LogP contribution in [0.3, 0.4) is 0 Å². The molecule has 0 N–H and O–H groups in total. The molecule has 0 saturated carbocycles. The Labute approximate surface area is 104 Å². The normalized spacial score (nSPS) is 10.6. The van der Waals surface area contributed by atoms with E-state index in [1.54, 1.807) is 0 Å². The molecule has 0 fully saturated rings. The topological polar surface area (TPSA) is 0 Å². The van der Waals surface area contributed by atoms with Gasteiger partial charge in [0.2, 0.25) is 0 Å². The highest BCUT2D eigenvalue weighted by atomic mass is 14.1. The molecule has 0 heteroatoms. The van der Waals surface area contributed by atoms with Crippen molar-refractivity contribution in [2.45, 2.75) is 27.7 Å². The fraction of sp³-hybridized carbons (Fsp3) is 0.235. The molecule has 0 unspecified atom stereocenters. The quantitative estimate of drug-likeness (QED) is 0.702. The first-order valence-corrected chi connectivity index (χ1v) is 6.05. The second-order valence-corrected chi connectivity index (χ2v) is 4.86. The average molecular weight is 223 g/mol. The van der Waals surface area contributed by atoms with Crippen LogP contribution in [0.15, 0.2) is 36.4 Å². The van der Waals surface area contributed by atoms with Gasteiger partial charge in [0, 0.05) is 6.42 Å².